The molecule has 0 bridgehead atoms. The SMILES string of the molecule is CCC(C)N(C)C1C(C)CC(C)CC1N. The normalized spacial score (nSPS) is 39.4. The van der Waals surface area contributed by atoms with E-state index in [2.05, 4.69) is 39.6 Å². The zero-order valence-corrected chi connectivity index (χ0v) is 11.0. The van der Waals surface area contributed by atoms with Crippen molar-refractivity contribution in [2.45, 2.75) is 65.1 Å². The summed E-state index contributed by atoms with van der Waals surface area (Å²) < 4.78 is 0. The minimum atomic E-state index is 0.364. The van der Waals surface area contributed by atoms with Gasteiger partial charge in [0.25, 0.3) is 0 Å². The van der Waals surface area contributed by atoms with Gasteiger partial charge < -0.3 is 5.73 Å². The van der Waals surface area contributed by atoms with Gasteiger partial charge in [-0.1, -0.05) is 20.8 Å². The van der Waals surface area contributed by atoms with Crippen LogP contribution < -0.4 is 5.73 Å². The molecule has 0 amide bonds. The van der Waals surface area contributed by atoms with Gasteiger partial charge in [-0.15, -0.1) is 0 Å². The lowest BCUT2D eigenvalue weighted by Crippen LogP contribution is -2.55. The van der Waals surface area contributed by atoms with Crippen molar-refractivity contribution in [2.75, 3.05) is 7.05 Å². The molecule has 2 nitrogen and oxygen atoms in total. The largest absolute Gasteiger partial charge is 0.326 e. The number of nitrogens with zero attached hydrogens (tertiary/aromatic N) is 1. The molecular formula is C13H28N2. The average Bonchev–Trinajstić information content (AvgIpc) is 2.14. The standard InChI is InChI=1S/C13H28N2/c1-6-11(4)15(5)13-10(3)7-9(2)8-12(13)14/h9-13H,6-8,14H2,1-5H3. The van der Waals surface area contributed by atoms with Gasteiger partial charge in [0.15, 0.2) is 0 Å². The van der Waals surface area contributed by atoms with Gasteiger partial charge in [0.2, 0.25) is 0 Å². The van der Waals surface area contributed by atoms with Gasteiger partial charge in [-0.2, -0.15) is 0 Å². The van der Waals surface area contributed by atoms with Crippen molar-refractivity contribution in [1.82, 2.24) is 4.90 Å². The zero-order valence-electron chi connectivity index (χ0n) is 11.0. The van der Waals surface area contributed by atoms with Crippen LogP contribution in [0.4, 0.5) is 0 Å². The monoisotopic (exact) mass is 212 g/mol. The van der Waals surface area contributed by atoms with Crippen LogP contribution in [0.15, 0.2) is 0 Å². The second kappa shape index (κ2) is 5.31. The molecule has 0 heterocycles. The molecule has 0 spiro atoms. The Hall–Kier alpha value is -0.0800. The van der Waals surface area contributed by atoms with Crippen LogP contribution in [-0.4, -0.2) is 30.1 Å². The molecule has 5 atom stereocenters. The maximum absolute atomic E-state index is 6.31. The molecular weight excluding hydrogens is 184 g/mol. The second-order valence-electron chi connectivity index (χ2n) is 5.63. The van der Waals surface area contributed by atoms with E-state index in [-0.39, 0.29) is 0 Å². The molecule has 1 aliphatic carbocycles. The Morgan fingerprint density at radius 3 is 2.40 bits per heavy atom. The lowest BCUT2D eigenvalue weighted by molar-refractivity contribution is 0.0676. The summed E-state index contributed by atoms with van der Waals surface area (Å²) in [5, 5.41) is 0. The van der Waals surface area contributed by atoms with Gasteiger partial charge in [-0.25, -0.2) is 0 Å². The maximum Gasteiger partial charge on any atom is 0.0272 e. The predicted molar refractivity (Wildman–Crippen MR) is 66.8 cm³/mol. The zero-order chi connectivity index (χ0) is 11.6. The first-order valence-electron chi connectivity index (χ1n) is 6.44. The summed E-state index contributed by atoms with van der Waals surface area (Å²) in [6.07, 6.45) is 3.73. The fourth-order valence-corrected chi connectivity index (χ4v) is 3.18. The van der Waals surface area contributed by atoms with Crippen molar-refractivity contribution in [1.29, 1.82) is 0 Å². The number of likely N-dealkylation sites (N-methyl/N-ethyl adjacent to an activating group) is 1. The molecule has 2 heteroatoms. The fraction of sp³-hybridized carbons (Fsp3) is 1.00. The number of rotatable bonds is 3. The molecule has 1 rings (SSSR count). The molecule has 0 aromatic carbocycles. The van der Waals surface area contributed by atoms with Gasteiger partial charge in [-0.3, -0.25) is 4.90 Å². The molecule has 15 heavy (non-hydrogen) atoms. The third kappa shape index (κ3) is 2.94. The van der Waals surface area contributed by atoms with E-state index >= 15 is 0 Å². The summed E-state index contributed by atoms with van der Waals surface area (Å²) in [6.45, 7) is 9.25. The van der Waals surface area contributed by atoms with Crippen LogP contribution in [-0.2, 0) is 0 Å². The lowest BCUT2D eigenvalue weighted by atomic mass is 9.76. The first-order valence-corrected chi connectivity index (χ1v) is 6.44. The molecule has 0 saturated heterocycles. The minimum Gasteiger partial charge on any atom is -0.326 e. The van der Waals surface area contributed by atoms with Crippen molar-refractivity contribution in [3.05, 3.63) is 0 Å². The molecule has 0 radical (unpaired) electrons. The molecule has 0 aromatic rings. The van der Waals surface area contributed by atoms with E-state index in [1.807, 2.05) is 0 Å². The van der Waals surface area contributed by atoms with Gasteiger partial charge in [-0.05, 0) is 45.1 Å². The van der Waals surface area contributed by atoms with Crippen LogP contribution in [0.2, 0.25) is 0 Å². The highest BCUT2D eigenvalue weighted by molar-refractivity contribution is 4.92. The van der Waals surface area contributed by atoms with Crippen molar-refractivity contribution in [2.24, 2.45) is 17.6 Å². The Balaban J connectivity index is 2.66. The van der Waals surface area contributed by atoms with Crippen molar-refractivity contribution in [3.8, 4) is 0 Å². The topological polar surface area (TPSA) is 29.3 Å². The summed E-state index contributed by atoms with van der Waals surface area (Å²) in [5.41, 5.74) is 6.31. The van der Waals surface area contributed by atoms with E-state index in [0.717, 1.165) is 11.8 Å². The average molecular weight is 212 g/mol. The van der Waals surface area contributed by atoms with E-state index in [0.29, 0.717) is 18.1 Å². The Morgan fingerprint density at radius 2 is 1.93 bits per heavy atom. The highest BCUT2D eigenvalue weighted by Gasteiger charge is 2.35. The van der Waals surface area contributed by atoms with Gasteiger partial charge in [0.05, 0.1) is 0 Å². The molecule has 1 aliphatic rings. The summed E-state index contributed by atoms with van der Waals surface area (Å²) in [4.78, 5) is 2.50. The van der Waals surface area contributed by atoms with Crippen molar-refractivity contribution in [3.63, 3.8) is 0 Å². The van der Waals surface area contributed by atoms with Crippen molar-refractivity contribution < 1.29 is 0 Å². The number of nitrogens with two attached hydrogens (primary N) is 1. The van der Waals surface area contributed by atoms with E-state index < -0.39 is 0 Å². The van der Waals surface area contributed by atoms with Crippen LogP contribution in [0.25, 0.3) is 0 Å². The predicted octanol–water partition coefficient (Wildman–Crippen LogP) is 2.48. The molecule has 0 aliphatic heterocycles. The van der Waals surface area contributed by atoms with E-state index in [9.17, 15) is 0 Å². The summed E-state index contributed by atoms with van der Waals surface area (Å²) in [7, 11) is 2.24. The van der Waals surface area contributed by atoms with Gasteiger partial charge in [0.1, 0.15) is 0 Å². The maximum atomic E-state index is 6.31. The fourth-order valence-electron chi connectivity index (χ4n) is 3.18. The summed E-state index contributed by atoms with van der Waals surface area (Å²) in [6, 6.07) is 1.59. The Morgan fingerprint density at radius 1 is 1.33 bits per heavy atom. The minimum absolute atomic E-state index is 0.364. The Bertz CT molecular complexity index is 181. The quantitative estimate of drug-likeness (QED) is 0.779. The van der Waals surface area contributed by atoms with E-state index in [4.69, 9.17) is 5.73 Å². The third-order valence-corrected chi connectivity index (χ3v) is 4.23. The summed E-state index contributed by atoms with van der Waals surface area (Å²) in [5.74, 6) is 1.54. The van der Waals surface area contributed by atoms with Crippen LogP contribution in [0, 0.1) is 11.8 Å². The molecule has 5 unspecified atom stereocenters. The van der Waals surface area contributed by atoms with Gasteiger partial charge in [0, 0.05) is 18.1 Å². The van der Waals surface area contributed by atoms with E-state index in [1.165, 1.54) is 19.3 Å². The third-order valence-electron chi connectivity index (χ3n) is 4.23. The van der Waals surface area contributed by atoms with Crippen molar-refractivity contribution >= 4 is 0 Å². The molecule has 1 saturated carbocycles. The Kier molecular flexibility index (Phi) is 4.60. The first kappa shape index (κ1) is 13.0. The molecule has 2 N–H and O–H groups in total. The first-order chi connectivity index (χ1) is 6.97. The van der Waals surface area contributed by atoms with Crippen LogP contribution in [0.5, 0.6) is 0 Å². The highest BCUT2D eigenvalue weighted by atomic mass is 15.2. The summed E-state index contributed by atoms with van der Waals surface area (Å²) >= 11 is 0. The smallest absolute Gasteiger partial charge is 0.0272 e. The van der Waals surface area contributed by atoms with Crippen LogP contribution in [0.3, 0.4) is 0 Å². The highest BCUT2D eigenvalue weighted by Crippen LogP contribution is 2.31. The van der Waals surface area contributed by atoms with Crippen LogP contribution in [0.1, 0.15) is 47.0 Å². The van der Waals surface area contributed by atoms with E-state index in [1.54, 1.807) is 0 Å². The lowest BCUT2D eigenvalue weighted by Gasteiger charge is -2.45. The number of hydrogen-bond donors (Lipinski definition) is 1. The number of hydrogen-bond acceptors (Lipinski definition) is 2. The molecule has 1 fully saturated rings. The molecule has 0 aromatic heterocycles. The van der Waals surface area contributed by atoms with Crippen LogP contribution >= 0.6 is 0 Å². The van der Waals surface area contributed by atoms with Gasteiger partial charge >= 0.3 is 0 Å². The molecule has 90 valence electrons. The second-order valence-corrected chi connectivity index (χ2v) is 5.63. The Labute approximate surface area is 95.2 Å².